The highest BCUT2D eigenvalue weighted by molar-refractivity contribution is 5.80. The van der Waals surface area contributed by atoms with E-state index >= 15 is 0 Å². The average molecular weight is 253 g/mol. The van der Waals surface area contributed by atoms with Gasteiger partial charge in [-0.25, -0.2) is 4.39 Å². The number of amides is 1. The van der Waals surface area contributed by atoms with Crippen LogP contribution in [0.1, 0.15) is 25.8 Å². The molecular weight excluding hydrogens is 237 g/mol. The molecule has 5 heteroatoms. The minimum absolute atomic E-state index is 0.101. The predicted molar refractivity (Wildman–Crippen MR) is 64.6 cm³/mol. The van der Waals surface area contributed by atoms with E-state index in [9.17, 15) is 14.0 Å². The Bertz CT molecular complexity index is 440. The standard InChI is InChI=1S/C13H16FNO3/c1-13(2,8-12(17)18)15-11(16)7-9-3-5-10(14)6-4-9/h3-6H,7-8H2,1-2H3,(H,15,16)(H,17,18). The molecular formula is C13H16FNO3. The van der Waals surface area contributed by atoms with E-state index in [1.807, 2.05) is 0 Å². The zero-order valence-corrected chi connectivity index (χ0v) is 10.4. The first-order valence-corrected chi connectivity index (χ1v) is 5.56. The quantitative estimate of drug-likeness (QED) is 0.840. The van der Waals surface area contributed by atoms with E-state index in [0.717, 1.165) is 0 Å². The molecule has 0 unspecified atom stereocenters. The smallest absolute Gasteiger partial charge is 0.305 e. The molecule has 1 aromatic rings. The zero-order valence-electron chi connectivity index (χ0n) is 10.4. The number of nitrogens with one attached hydrogen (secondary N) is 1. The highest BCUT2D eigenvalue weighted by Gasteiger charge is 2.23. The zero-order chi connectivity index (χ0) is 13.8. The van der Waals surface area contributed by atoms with E-state index in [-0.39, 0.29) is 24.6 Å². The van der Waals surface area contributed by atoms with Crippen molar-refractivity contribution >= 4 is 11.9 Å². The molecule has 0 heterocycles. The van der Waals surface area contributed by atoms with Crippen LogP contribution in [0.4, 0.5) is 4.39 Å². The molecule has 1 aromatic carbocycles. The van der Waals surface area contributed by atoms with Crippen LogP contribution in [0.5, 0.6) is 0 Å². The molecule has 0 bridgehead atoms. The fraction of sp³-hybridized carbons (Fsp3) is 0.385. The molecule has 0 fully saturated rings. The Kier molecular flexibility index (Phi) is 4.42. The third kappa shape index (κ3) is 4.95. The molecule has 0 radical (unpaired) electrons. The van der Waals surface area contributed by atoms with Gasteiger partial charge in [-0.05, 0) is 31.5 Å². The van der Waals surface area contributed by atoms with Crippen molar-refractivity contribution in [1.29, 1.82) is 0 Å². The maximum atomic E-state index is 12.7. The first kappa shape index (κ1) is 14.2. The van der Waals surface area contributed by atoms with Crippen LogP contribution in [0.2, 0.25) is 0 Å². The summed E-state index contributed by atoms with van der Waals surface area (Å²) in [4.78, 5) is 22.3. The molecule has 98 valence electrons. The highest BCUT2D eigenvalue weighted by Crippen LogP contribution is 2.09. The fourth-order valence-corrected chi connectivity index (χ4v) is 1.63. The van der Waals surface area contributed by atoms with Crippen molar-refractivity contribution in [3.8, 4) is 0 Å². The van der Waals surface area contributed by atoms with E-state index in [2.05, 4.69) is 5.32 Å². The van der Waals surface area contributed by atoms with Crippen molar-refractivity contribution in [3.63, 3.8) is 0 Å². The van der Waals surface area contributed by atoms with E-state index in [1.165, 1.54) is 24.3 Å². The largest absolute Gasteiger partial charge is 0.481 e. The second-order valence-electron chi connectivity index (χ2n) is 4.81. The molecule has 1 rings (SSSR count). The van der Waals surface area contributed by atoms with Gasteiger partial charge in [0.15, 0.2) is 0 Å². The van der Waals surface area contributed by atoms with Gasteiger partial charge in [-0.3, -0.25) is 9.59 Å². The fourth-order valence-electron chi connectivity index (χ4n) is 1.63. The van der Waals surface area contributed by atoms with Gasteiger partial charge in [-0.2, -0.15) is 0 Å². The summed E-state index contributed by atoms with van der Waals surface area (Å²) in [6.45, 7) is 3.29. The number of benzene rings is 1. The van der Waals surface area contributed by atoms with Crippen LogP contribution in [0.15, 0.2) is 24.3 Å². The lowest BCUT2D eigenvalue weighted by Gasteiger charge is -2.24. The van der Waals surface area contributed by atoms with Gasteiger partial charge in [0.05, 0.1) is 12.8 Å². The molecule has 0 atom stereocenters. The topological polar surface area (TPSA) is 66.4 Å². The Morgan fingerprint density at radius 1 is 1.28 bits per heavy atom. The lowest BCUT2D eigenvalue weighted by Crippen LogP contribution is -2.45. The van der Waals surface area contributed by atoms with Crippen molar-refractivity contribution in [2.24, 2.45) is 0 Å². The molecule has 0 aromatic heterocycles. The Morgan fingerprint density at radius 3 is 2.33 bits per heavy atom. The monoisotopic (exact) mass is 253 g/mol. The number of carboxylic acids is 1. The van der Waals surface area contributed by atoms with Gasteiger partial charge in [-0.1, -0.05) is 12.1 Å². The van der Waals surface area contributed by atoms with Crippen LogP contribution in [-0.4, -0.2) is 22.5 Å². The van der Waals surface area contributed by atoms with Crippen molar-refractivity contribution in [3.05, 3.63) is 35.6 Å². The van der Waals surface area contributed by atoms with Crippen LogP contribution >= 0.6 is 0 Å². The van der Waals surface area contributed by atoms with Gasteiger partial charge in [-0.15, -0.1) is 0 Å². The molecule has 0 spiro atoms. The molecule has 2 N–H and O–H groups in total. The van der Waals surface area contributed by atoms with Crippen LogP contribution in [-0.2, 0) is 16.0 Å². The second-order valence-corrected chi connectivity index (χ2v) is 4.81. The Hall–Kier alpha value is -1.91. The van der Waals surface area contributed by atoms with E-state index in [4.69, 9.17) is 5.11 Å². The number of hydrogen-bond donors (Lipinski definition) is 2. The van der Waals surface area contributed by atoms with Crippen LogP contribution < -0.4 is 5.32 Å². The average Bonchev–Trinajstić information content (AvgIpc) is 2.18. The number of carboxylic acid groups (broad SMARTS) is 1. The van der Waals surface area contributed by atoms with Crippen LogP contribution in [0.3, 0.4) is 0 Å². The third-order valence-electron chi connectivity index (χ3n) is 2.35. The summed E-state index contributed by atoms with van der Waals surface area (Å²) in [7, 11) is 0. The maximum absolute atomic E-state index is 12.7. The minimum atomic E-state index is -0.970. The van der Waals surface area contributed by atoms with Gasteiger partial charge in [0.1, 0.15) is 5.82 Å². The first-order valence-electron chi connectivity index (χ1n) is 5.56. The van der Waals surface area contributed by atoms with Crippen molar-refractivity contribution in [2.45, 2.75) is 32.2 Å². The minimum Gasteiger partial charge on any atom is -0.481 e. The van der Waals surface area contributed by atoms with Gasteiger partial charge in [0.2, 0.25) is 5.91 Å². The summed E-state index contributed by atoms with van der Waals surface area (Å²) in [5, 5.41) is 11.3. The molecule has 0 saturated carbocycles. The number of carbonyl (C=O) groups excluding carboxylic acids is 1. The lowest BCUT2D eigenvalue weighted by molar-refractivity contribution is -0.138. The predicted octanol–water partition coefficient (Wildman–Crippen LogP) is 1.74. The van der Waals surface area contributed by atoms with Crippen molar-refractivity contribution in [1.82, 2.24) is 5.32 Å². The van der Waals surface area contributed by atoms with Crippen molar-refractivity contribution < 1.29 is 19.1 Å². The summed E-state index contributed by atoms with van der Waals surface area (Å²) in [6.07, 6.45) is -0.0501. The number of rotatable bonds is 5. The van der Waals surface area contributed by atoms with E-state index in [1.54, 1.807) is 13.8 Å². The van der Waals surface area contributed by atoms with Gasteiger partial charge in [0, 0.05) is 5.54 Å². The molecule has 0 aliphatic rings. The number of carbonyl (C=O) groups is 2. The first-order chi connectivity index (χ1) is 8.28. The Balaban J connectivity index is 2.56. The molecule has 0 aliphatic heterocycles. The molecule has 1 amide bonds. The Morgan fingerprint density at radius 2 is 1.83 bits per heavy atom. The molecule has 0 saturated heterocycles. The van der Waals surface area contributed by atoms with E-state index < -0.39 is 11.5 Å². The molecule has 0 aliphatic carbocycles. The highest BCUT2D eigenvalue weighted by atomic mass is 19.1. The molecule has 18 heavy (non-hydrogen) atoms. The second kappa shape index (κ2) is 5.62. The lowest BCUT2D eigenvalue weighted by atomic mass is 10.00. The van der Waals surface area contributed by atoms with Gasteiger partial charge in [0.25, 0.3) is 0 Å². The van der Waals surface area contributed by atoms with E-state index in [0.29, 0.717) is 5.56 Å². The summed E-state index contributed by atoms with van der Waals surface area (Å²) >= 11 is 0. The van der Waals surface area contributed by atoms with Crippen LogP contribution in [0.25, 0.3) is 0 Å². The van der Waals surface area contributed by atoms with Gasteiger partial charge < -0.3 is 10.4 Å². The third-order valence-corrected chi connectivity index (χ3v) is 2.35. The summed E-state index contributed by atoms with van der Waals surface area (Å²) in [5.74, 6) is -1.61. The number of hydrogen-bond acceptors (Lipinski definition) is 2. The summed E-state index contributed by atoms with van der Waals surface area (Å²) < 4.78 is 12.7. The van der Waals surface area contributed by atoms with Crippen LogP contribution in [0, 0.1) is 5.82 Å². The number of halogens is 1. The summed E-state index contributed by atoms with van der Waals surface area (Å²) in [6, 6.07) is 5.62. The summed E-state index contributed by atoms with van der Waals surface area (Å²) in [5.41, 5.74) is -0.122. The Labute approximate surface area is 105 Å². The number of aliphatic carboxylic acids is 1. The van der Waals surface area contributed by atoms with Gasteiger partial charge >= 0.3 is 5.97 Å². The molecule has 4 nitrogen and oxygen atoms in total. The van der Waals surface area contributed by atoms with Crippen molar-refractivity contribution in [2.75, 3.05) is 0 Å². The SMILES string of the molecule is CC(C)(CC(=O)O)NC(=O)Cc1ccc(F)cc1. The maximum Gasteiger partial charge on any atom is 0.305 e. The normalized spacial score (nSPS) is 11.1.